The first kappa shape index (κ1) is 23.9. The summed E-state index contributed by atoms with van der Waals surface area (Å²) in [5.74, 6) is 0.0347. The Morgan fingerprint density at radius 3 is 2.47 bits per heavy atom. The molecule has 1 heterocycles. The normalized spacial score (nSPS) is 12.9. The highest BCUT2D eigenvalue weighted by molar-refractivity contribution is 7.89. The van der Waals surface area contributed by atoms with Crippen molar-refractivity contribution in [3.63, 3.8) is 0 Å². The Kier molecular flexibility index (Phi) is 8.02. The fourth-order valence-corrected chi connectivity index (χ4v) is 4.48. The Bertz CT molecular complexity index is 1010. The third-order valence-electron chi connectivity index (χ3n) is 4.80. The number of aromatic nitrogens is 1. The van der Waals surface area contributed by atoms with E-state index in [-0.39, 0.29) is 29.0 Å². The lowest BCUT2D eigenvalue weighted by molar-refractivity contribution is -0.384. The topological polar surface area (TPSA) is 151 Å². The van der Waals surface area contributed by atoms with E-state index in [1.807, 2.05) is 20.8 Å². The molecular weight excluding hydrogens is 408 g/mol. The molecule has 9 nitrogen and oxygen atoms in total. The molecule has 0 bridgehead atoms. The van der Waals surface area contributed by atoms with Crippen molar-refractivity contribution >= 4 is 15.7 Å². The van der Waals surface area contributed by atoms with Gasteiger partial charge in [-0.1, -0.05) is 19.9 Å². The van der Waals surface area contributed by atoms with Crippen molar-refractivity contribution in [2.45, 2.75) is 44.6 Å². The van der Waals surface area contributed by atoms with Gasteiger partial charge in [0.1, 0.15) is 6.20 Å². The smallest absolute Gasteiger partial charge is 0.295 e. The van der Waals surface area contributed by atoms with Crippen LogP contribution in [-0.2, 0) is 21.3 Å². The fourth-order valence-electron chi connectivity index (χ4n) is 3.68. The van der Waals surface area contributed by atoms with Gasteiger partial charge in [-0.3, -0.25) is 15.1 Å². The molecule has 0 saturated carbocycles. The standard InChI is InChI=1S/C20H28N4O5S/c1-4-29-12-14(9-13(2)3)20-16(15-7-8-23-11-18(15)24(25)26)5-6-19(17(20)10-21)30(22,27)28/h5-8,11,13-14H,4,9-10,12,21H2,1-3H3,(H2,22,27,28). The fraction of sp³-hybridized carbons (Fsp3) is 0.450. The Morgan fingerprint density at radius 1 is 1.23 bits per heavy atom. The lowest BCUT2D eigenvalue weighted by atomic mass is 9.82. The van der Waals surface area contributed by atoms with Crippen LogP contribution in [0, 0.1) is 16.0 Å². The summed E-state index contributed by atoms with van der Waals surface area (Å²) in [5.41, 5.74) is 7.64. The molecule has 10 heteroatoms. The molecule has 0 aliphatic rings. The minimum Gasteiger partial charge on any atom is -0.381 e. The van der Waals surface area contributed by atoms with Crippen LogP contribution in [0.15, 0.2) is 35.5 Å². The molecule has 1 unspecified atom stereocenters. The number of ether oxygens (including phenoxy) is 1. The first-order valence-corrected chi connectivity index (χ1v) is 11.2. The number of rotatable bonds is 10. The van der Waals surface area contributed by atoms with Gasteiger partial charge in [0, 0.05) is 25.3 Å². The van der Waals surface area contributed by atoms with Crippen molar-refractivity contribution in [1.82, 2.24) is 4.98 Å². The SMILES string of the molecule is CCOCC(CC(C)C)c1c(-c2ccncc2[N+](=O)[O-])ccc(S(N)(=O)=O)c1CN. The summed E-state index contributed by atoms with van der Waals surface area (Å²) in [6.45, 7) is 6.66. The average Bonchev–Trinajstić information content (AvgIpc) is 2.68. The van der Waals surface area contributed by atoms with Crippen LogP contribution >= 0.6 is 0 Å². The third kappa shape index (κ3) is 5.39. The van der Waals surface area contributed by atoms with Crippen molar-refractivity contribution in [1.29, 1.82) is 0 Å². The Hall–Kier alpha value is -2.40. The predicted octanol–water partition coefficient (Wildman–Crippen LogP) is 2.93. The molecule has 2 rings (SSSR count). The molecule has 0 fully saturated rings. The summed E-state index contributed by atoms with van der Waals surface area (Å²) >= 11 is 0. The van der Waals surface area contributed by atoms with Gasteiger partial charge >= 0.3 is 0 Å². The van der Waals surface area contributed by atoms with Crippen molar-refractivity contribution in [2.75, 3.05) is 13.2 Å². The number of nitrogens with two attached hydrogens (primary N) is 2. The summed E-state index contributed by atoms with van der Waals surface area (Å²) in [4.78, 5) is 14.9. The highest BCUT2D eigenvalue weighted by Crippen LogP contribution is 2.40. The van der Waals surface area contributed by atoms with Crippen LogP contribution in [0.2, 0.25) is 0 Å². The van der Waals surface area contributed by atoms with Gasteiger partial charge < -0.3 is 10.5 Å². The average molecular weight is 437 g/mol. The molecule has 1 aromatic carbocycles. The molecule has 0 saturated heterocycles. The number of nitrogens with zero attached hydrogens (tertiary/aromatic N) is 2. The van der Waals surface area contributed by atoms with E-state index >= 15 is 0 Å². The van der Waals surface area contributed by atoms with Gasteiger partial charge in [0.15, 0.2) is 0 Å². The first-order valence-electron chi connectivity index (χ1n) is 9.66. The van der Waals surface area contributed by atoms with Crippen LogP contribution in [-0.4, -0.2) is 31.5 Å². The molecule has 0 aliphatic carbocycles. The molecule has 0 aliphatic heterocycles. The molecule has 164 valence electrons. The Balaban J connectivity index is 2.91. The van der Waals surface area contributed by atoms with Crippen LogP contribution in [0.5, 0.6) is 0 Å². The second-order valence-corrected chi connectivity index (χ2v) is 8.92. The van der Waals surface area contributed by atoms with Crippen LogP contribution in [0.3, 0.4) is 0 Å². The summed E-state index contributed by atoms with van der Waals surface area (Å²) in [7, 11) is -4.04. The molecule has 1 aromatic heterocycles. The highest BCUT2D eigenvalue weighted by atomic mass is 32.2. The van der Waals surface area contributed by atoms with E-state index in [4.69, 9.17) is 15.6 Å². The van der Waals surface area contributed by atoms with E-state index < -0.39 is 14.9 Å². The van der Waals surface area contributed by atoms with Gasteiger partial charge in [0.2, 0.25) is 10.0 Å². The zero-order valence-electron chi connectivity index (χ0n) is 17.4. The van der Waals surface area contributed by atoms with Gasteiger partial charge in [-0.2, -0.15) is 0 Å². The second kappa shape index (κ2) is 10.1. The molecule has 0 radical (unpaired) electrons. The summed E-state index contributed by atoms with van der Waals surface area (Å²) in [5, 5.41) is 17.0. The van der Waals surface area contributed by atoms with E-state index in [1.165, 1.54) is 18.5 Å². The van der Waals surface area contributed by atoms with Crippen molar-refractivity contribution < 1.29 is 18.1 Å². The van der Waals surface area contributed by atoms with Gasteiger partial charge in [-0.25, -0.2) is 13.6 Å². The van der Waals surface area contributed by atoms with E-state index in [0.717, 1.165) is 0 Å². The maximum Gasteiger partial charge on any atom is 0.295 e. The van der Waals surface area contributed by atoms with Crippen molar-refractivity contribution in [2.24, 2.45) is 16.8 Å². The van der Waals surface area contributed by atoms with Gasteiger partial charge in [-0.05, 0) is 48.1 Å². The Morgan fingerprint density at radius 2 is 1.93 bits per heavy atom. The van der Waals surface area contributed by atoms with Gasteiger partial charge in [-0.15, -0.1) is 0 Å². The minimum absolute atomic E-state index is 0.0780. The molecule has 0 spiro atoms. The summed E-state index contributed by atoms with van der Waals surface area (Å²) < 4.78 is 30.1. The monoisotopic (exact) mass is 436 g/mol. The van der Waals surface area contributed by atoms with E-state index in [9.17, 15) is 18.5 Å². The van der Waals surface area contributed by atoms with Gasteiger partial charge in [0.05, 0.1) is 22.0 Å². The van der Waals surface area contributed by atoms with Gasteiger partial charge in [0.25, 0.3) is 5.69 Å². The van der Waals surface area contributed by atoms with Crippen LogP contribution in [0.4, 0.5) is 5.69 Å². The number of sulfonamides is 1. The quantitative estimate of drug-likeness (QED) is 0.429. The molecular formula is C20H28N4O5S. The summed E-state index contributed by atoms with van der Waals surface area (Å²) in [6.07, 6.45) is 3.31. The van der Waals surface area contributed by atoms with Crippen molar-refractivity contribution in [3.05, 3.63) is 51.8 Å². The van der Waals surface area contributed by atoms with E-state index in [0.29, 0.717) is 41.9 Å². The summed E-state index contributed by atoms with van der Waals surface area (Å²) in [6, 6.07) is 4.45. The van der Waals surface area contributed by atoms with Crippen LogP contribution in [0.25, 0.3) is 11.1 Å². The lowest BCUT2D eigenvalue weighted by Gasteiger charge is -2.26. The molecule has 0 amide bonds. The molecule has 1 atom stereocenters. The minimum atomic E-state index is -4.04. The number of benzene rings is 1. The maximum absolute atomic E-state index is 12.2. The molecule has 2 aromatic rings. The lowest BCUT2D eigenvalue weighted by Crippen LogP contribution is -2.21. The van der Waals surface area contributed by atoms with Crippen molar-refractivity contribution in [3.8, 4) is 11.1 Å². The first-order chi connectivity index (χ1) is 14.1. The number of pyridine rings is 1. The number of nitro groups is 1. The molecule has 4 N–H and O–H groups in total. The zero-order chi connectivity index (χ0) is 22.5. The predicted molar refractivity (Wildman–Crippen MR) is 114 cm³/mol. The van der Waals surface area contributed by atoms with E-state index in [1.54, 1.807) is 12.1 Å². The number of hydrogen-bond acceptors (Lipinski definition) is 7. The largest absolute Gasteiger partial charge is 0.381 e. The number of hydrogen-bond donors (Lipinski definition) is 2. The third-order valence-corrected chi connectivity index (χ3v) is 5.79. The highest BCUT2D eigenvalue weighted by Gasteiger charge is 2.28. The maximum atomic E-state index is 12.2. The zero-order valence-corrected chi connectivity index (χ0v) is 18.2. The molecule has 30 heavy (non-hydrogen) atoms. The second-order valence-electron chi connectivity index (χ2n) is 7.39. The number of primary sulfonamides is 1. The van der Waals surface area contributed by atoms with Crippen LogP contribution < -0.4 is 10.9 Å². The van der Waals surface area contributed by atoms with E-state index in [2.05, 4.69) is 4.98 Å². The van der Waals surface area contributed by atoms with Crippen LogP contribution in [0.1, 0.15) is 44.2 Å². The Labute approximate surface area is 176 Å².